The number of furan rings is 1. The van der Waals surface area contributed by atoms with E-state index in [9.17, 15) is 4.79 Å². The second-order valence-corrected chi connectivity index (χ2v) is 6.76. The summed E-state index contributed by atoms with van der Waals surface area (Å²) in [6.07, 6.45) is 2.30. The Labute approximate surface area is 166 Å². The molecule has 0 radical (unpaired) electrons. The number of benzene rings is 3. The smallest absolute Gasteiger partial charge is 0.336 e. The van der Waals surface area contributed by atoms with Crippen molar-refractivity contribution in [3.63, 3.8) is 0 Å². The minimum absolute atomic E-state index is 0.404. The summed E-state index contributed by atoms with van der Waals surface area (Å²) in [6, 6.07) is 20.9. The molecule has 144 valence electrons. The molecule has 5 rings (SSSR count). The SMILES string of the molecule is O=c1ccc2c(OCCCOc3ccc4ccccc4c3)c3ccoc3cc2o1. The first kappa shape index (κ1) is 17.4. The van der Waals surface area contributed by atoms with E-state index < -0.39 is 5.63 Å². The largest absolute Gasteiger partial charge is 0.493 e. The van der Waals surface area contributed by atoms with Crippen LogP contribution in [0.1, 0.15) is 6.42 Å². The van der Waals surface area contributed by atoms with Crippen molar-refractivity contribution < 1.29 is 18.3 Å². The number of fused-ring (bicyclic) bond motifs is 3. The van der Waals surface area contributed by atoms with E-state index in [4.69, 9.17) is 18.3 Å². The quantitative estimate of drug-likeness (QED) is 0.283. The van der Waals surface area contributed by atoms with Gasteiger partial charge in [-0.2, -0.15) is 0 Å². The third-order valence-corrected chi connectivity index (χ3v) is 4.83. The normalized spacial score (nSPS) is 11.3. The van der Waals surface area contributed by atoms with Gasteiger partial charge in [-0.15, -0.1) is 0 Å². The van der Waals surface area contributed by atoms with Crippen LogP contribution in [0.5, 0.6) is 11.5 Å². The van der Waals surface area contributed by atoms with Crippen molar-refractivity contribution in [3.05, 3.63) is 83.4 Å². The Morgan fingerprint density at radius 2 is 1.59 bits per heavy atom. The number of hydrogen-bond acceptors (Lipinski definition) is 5. The summed E-state index contributed by atoms with van der Waals surface area (Å²) in [5.41, 5.74) is 0.662. The van der Waals surface area contributed by atoms with Crippen molar-refractivity contribution in [2.24, 2.45) is 0 Å². The van der Waals surface area contributed by atoms with Crippen LogP contribution >= 0.6 is 0 Å². The molecule has 0 aliphatic heterocycles. The van der Waals surface area contributed by atoms with E-state index in [1.165, 1.54) is 11.5 Å². The van der Waals surface area contributed by atoms with Crippen LogP contribution < -0.4 is 15.1 Å². The lowest BCUT2D eigenvalue weighted by atomic mass is 10.1. The van der Waals surface area contributed by atoms with Gasteiger partial charge in [-0.25, -0.2) is 4.79 Å². The molecule has 0 fully saturated rings. The van der Waals surface area contributed by atoms with Gasteiger partial charge >= 0.3 is 5.63 Å². The summed E-state index contributed by atoms with van der Waals surface area (Å²) in [5, 5.41) is 3.94. The van der Waals surface area contributed by atoms with Gasteiger partial charge in [0, 0.05) is 18.6 Å². The van der Waals surface area contributed by atoms with Crippen molar-refractivity contribution in [1.82, 2.24) is 0 Å². The molecule has 0 aliphatic rings. The molecule has 0 aliphatic carbocycles. The molecule has 0 amide bonds. The summed E-state index contributed by atoms with van der Waals surface area (Å²) in [7, 11) is 0. The highest BCUT2D eigenvalue weighted by atomic mass is 16.5. The van der Waals surface area contributed by atoms with Crippen molar-refractivity contribution >= 4 is 32.7 Å². The van der Waals surface area contributed by atoms with Crippen molar-refractivity contribution in [2.75, 3.05) is 13.2 Å². The van der Waals surface area contributed by atoms with Gasteiger partial charge in [-0.3, -0.25) is 0 Å². The molecule has 0 spiro atoms. The maximum atomic E-state index is 11.5. The summed E-state index contributed by atoms with van der Waals surface area (Å²) >= 11 is 0. The highest BCUT2D eigenvalue weighted by Crippen LogP contribution is 2.35. The van der Waals surface area contributed by atoms with Gasteiger partial charge < -0.3 is 18.3 Å². The van der Waals surface area contributed by atoms with Crippen LogP contribution in [0.2, 0.25) is 0 Å². The molecule has 5 nitrogen and oxygen atoms in total. The van der Waals surface area contributed by atoms with Gasteiger partial charge in [0.1, 0.15) is 22.7 Å². The van der Waals surface area contributed by atoms with E-state index in [1.54, 1.807) is 18.4 Å². The third-order valence-electron chi connectivity index (χ3n) is 4.83. The summed E-state index contributed by atoms with van der Waals surface area (Å²) in [4.78, 5) is 11.5. The molecule has 0 saturated carbocycles. The predicted octanol–water partition coefficient (Wildman–Crippen LogP) is 5.54. The zero-order valence-corrected chi connectivity index (χ0v) is 15.6. The van der Waals surface area contributed by atoms with E-state index in [0.29, 0.717) is 36.6 Å². The van der Waals surface area contributed by atoms with Gasteiger partial charge in [0.15, 0.2) is 0 Å². The fourth-order valence-electron chi connectivity index (χ4n) is 3.45. The minimum Gasteiger partial charge on any atom is -0.493 e. The molecule has 0 unspecified atom stereocenters. The summed E-state index contributed by atoms with van der Waals surface area (Å²) in [6.45, 7) is 0.999. The highest BCUT2D eigenvalue weighted by molar-refractivity contribution is 6.01. The number of rotatable bonds is 6. The maximum Gasteiger partial charge on any atom is 0.336 e. The Kier molecular flexibility index (Phi) is 4.41. The Morgan fingerprint density at radius 3 is 2.52 bits per heavy atom. The Bertz CT molecular complexity index is 1360. The van der Waals surface area contributed by atoms with Gasteiger partial charge in [-0.05, 0) is 35.0 Å². The molecule has 5 heteroatoms. The van der Waals surface area contributed by atoms with Crippen LogP contribution in [0, 0.1) is 0 Å². The second-order valence-electron chi connectivity index (χ2n) is 6.76. The van der Waals surface area contributed by atoms with E-state index >= 15 is 0 Å². The lowest BCUT2D eigenvalue weighted by Crippen LogP contribution is -2.06. The minimum atomic E-state index is -0.404. The average Bonchev–Trinajstić information content (AvgIpc) is 3.21. The third kappa shape index (κ3) is 3.43. The van der Waals surface area contributed by atoms with E-state index in [0.717, 1.165) is 21.9 Å². The van der Waals surface area contributed by atoms with E-state index in [1.807, 2.05) is 30.3 Å². The van der Waals surface area contributed by atoms with Crippen molar-refractivity contribution in [1.29, 1.82) is 0 Å². The highest BCUT2D eigenvalue weighted by Gasteiger charge is 2.13. The van der Waals surface area contributed by atoms with Crippen LogP contribution in [0.4, 0.5) is 0 Å². The first-order valence-electron chi connectivity index (χ1n) is 9.46. The van der Waals surface area contributed by atoms with Crippen molar-refractivity contribution in [3.8, 4) is 11.5 Å². The van der Waals surface area contributed by atoms with E-state index in [-0.39, 0.29) is 0 Å². The molecule has 5 aromatic rings. The van der Waals surface area contributed by atoms with Gasteiger partial charge in [-0.1, -0.05) is 30.3 Å². The Morgan fingerprint density at radius 1 is 0.759 bits per heavy atom. The van der Waals surface area contributed by atoms with Gasteiger partial charge in [0.2, 0.25) is 0 Å². The van der Waals surface area contributed by atoms with Crippen molar-refractivity contribution in [2.45, 2.75) is 6.42 Å². The molecule has 0 atom stereocenters. The molecule has 0 N–H and O–H groups in total. The molecule has 0 bridgehead atoms. The molecule has 2 aromatic heterocycles. The monoisotopic (exact) mass is 386 g/mol. The van der Waals surface area contributed by atoms with Crippen LogP contribution in [-0.4, -0.2) is 13.2 Å². The van der Waals surface area contributed by atoms with Crippen LogP contribution in [0.15, 0.2) is 86.6 Å². The first-order valence-corrected chi connectivity index (χ1v) is 9.46. The Balaban J connectivity index is 1.28. The summed E-state index contributed by atoms with van der Waals surface area (Å²) < 4.78 is 22.6. The van der Waals surface area contributed by atoms with Gasteiger partial charge in [0.05, 0.1) is 30.2 Å². The summed E-state index contributed by atoms with van der Waals surface area (Å²) in [5.74, 6) is 1.49. The zero-order chi connectivity index (χ0) is 19.6. The lowest BCUT2D eigenvalue weighted by Gasteiger charge is -2.11. The molecule has 29 heavy (non-hydrogen) atoms. The average molecular weight is 386 g/mol. The predicted molar refractivity (Wildman–Crippen MR) is 112 cm³/mol. The maximum absolute atomic E-state index is 11.5. The Hall–Kier alpha value is -3.73. The number of hydrogen-bond donors (Lipinski definition) is 0. The standard InChI is InChI=1S/C24H18O5/c25-23-9-8-19-22(29-23)15-21-20(10-13-27-21)24(19)28-12-3-11-26-18-7-6-16-4-1-2-5-17(16)14-18/h1-2,4-10,13-15H,3,11-12H2. The molecule has 0 saturated heterocycles. The van der Waals surface area contributed by atoms with E-state index in [2.05, 4.69) is 18.2 Å². The fourth-order valence-corrected chi connectivity index (χ4v) is 3.45. The lowest BCUT2D eigenvalue weighted by molar-refractivity contribution is 0.250. The second kappa shape index (κ2) is 7.36. The fraction of sp³-hybridized carbons (Fsp3) is 0.125. The molecule has 3 aromatic carbocycles. The van der Waals surface area contributed by atoms with Crippen LogP contribution in [-0.2, 0) is 0 Å². The number of ether oxygens (including phenoxy) is 2. The first-order chi connectivity index (χ1) is 14.3. The molecular formula is C24H18O5. The van der Waals surface area contributed by atoms with Crippen LogP contribution in [0.25, 0.3) is 32.7 Å². The zero-order valence-electron chi connectivity index (χ0n) is 15.6. The van der Waals surface area contributed by atoms with Crippen LogP contribution in [0.3, 0.4) is 0 Å². The molecule has 2 heterocycles. The topological polar surface area (TPSA) is 61.8 Å². The van der Waals surface area contributed by atoms with Gasteiger partial charge in [0.25, 0.3) is 0 Å². The molecular weight excluding hydrogens is 368 g/mol.